The summed E-state index contributed by atoms with van der Waals surface area (Å²) in [5.74, 6) is -0.597. The Morgan fingerprint density at radius 3 is 2.70 bits per heavy atom. The van der Waals surface area contributed by atoms with Crippen LogP contribution in [0.15, 0.2) is 66.1 Å². The number of nitrogens with one attached hydrogen (secondary N) is 2. The Bertz CT molecular complexity index is 1250. The van der Waals surface area contributed by atoms with E-state index in [1.807, 2.05) is 19.9 Å². The summed E-state index contributed by atoms with van der Waals surface area (Å²) in [6.45, 7) is 4.22. The zero-order chi connectivity index (χ0) is 26.5. The molecule has 0 spiro atoms. The van der Waals surface area contributed by atoms with Crippen molar-refractivity contribution in [3.8, 4) is 5.75 Å². The monoisotopic (exact) mass is 509 g/mol. The van der Waals surface area contributed by atoms with Crippen LogP contribution in [0.2, 0.25) is 0 Å². The molecular formula is C26H28FN5O5. The smallest absolute Gasteiger partial charge is 0.354 e. The van der Waals surface area contributed by atoms with E-state index in [0.29, 0.717) is 24.4 Å². The molecule has 1 fully saturated rings. The molecular weight excluding hydrogens is 481 g/mol. The van der Waals surface area contributed by atoms with Crippen molar-refractivity contribution in [2.24, 2.45) is 0 Å². The number of carbonyl (C=O) groups excluding carboxylic acids is 2. The third kappa shape index (κ3) is 6.12. The maximum absolute atomic E-state index is 13.4. The Kier molecular flexibility index (Phi) is 7.83. The van der Waals surface area contributed by atoms with Crippen LogP contribution in [0.25, 0.3) is 0 Å². The minimum absolute atomic E-state index is 0.119. The Balaban J connectivity index is 1.48. The van der Waals surface area contributed by atoms with Crippen molar-refractivity contribution in [3.63, 3.8) is 0 Å². The molecule has 3 N–H and O–H groups in total. The van der Waals surface area contributed by atoms with Gasteiger partial charge in [-0.25, -0.2) is 28.7 Å². The number of aromatic carboxylic acids is 1. The van der Waals surface area contributed by atoms with E-state index >= 15 is 0 Å². The summed E-state index contributed by atoms with van der Waals surface area (Å²) in [4.78, 5) is 43.5. The predicted molar refractivity (Wildman–Crippen MR) is 132 cm³/mol. The summed E-state index contributed by atoms with van der Waals surface area (Å²) in [6.07, 6.45) is 5.33. The van der Waals surface area contributed by atoms with Crippen molar-refractivity contribution >= 4 is 18.0 Å². The first-order chi connectivity index (χ1) is 17.7. The number of carbonyl (C=O) groups is 3. The van der Waals surface area contributed by atoms with Crippen LogP contribution in [0.4, 0.5) is 14.0 Å². The number of urea groups is 2. The maximum atomic E-state index is 13.4. The summed E-state index contributed by atoms with van der Waals surface area (Å²) in [7, 11) is 0. The van der Waals surface area contributed by atoms with Crippen LogP contribution in [0.5, 0.6) is 5.75 Å². The number of ether oxygens (including phenoxy) is 1. The van der Waals surface area contributed by atoms with E-state index in [4.69, 9.17) is 9.84 Å². The molecule has 10 nitrogen and oxygen atoms in total. The molecule has 2 aromatic rings. The average molecular weight is 510 g/mol. The minimum atomic E-state index is -1.15. The van der Waals surface area contributed by atoms with Crippen molar-refractivity contribution < 1.29 is 28.6 Å². The lowest BCUT2D eigenvalue weighted by Gasteiger charge is -2.42. The highest BCUT2D eigenvalue weighted by atomic mass is 19.1. The SMILES string of the molecule is CCCN1C(=O)NC(NC2C=CC(Oc3ccnc(C(=O)O)c3)=C(C)C2)N(Cc2ccc(F)cc2)C1=O. The Morgan fingerprint density at radius 1 is 1.27 bits per heavy atom. The molecule has 11 heteroatoms. The molecule has 2 unspecified atom stereocenters. The van der Waals surface area contributed by atoms with Gasteiger partial charge < -0.3 is 15.2 Å². The van der Waals surface area contributed by atoms with Gasteiger partial charge in [0.15, 0.2) is 12.0 Å². The van der Waals surface area contributed by atoms with Gasteiger partial charge in [-0.1, -0.05) is 25.1 Å². The number of amides is 4. The number of hydrogen-bond acceptors (Lipinski definition) is 6. The average Bonchev–Trinajstić information content (AvgIpc) is 2.87. The predicted octanol–water partition coefficient (Wildman–Crippen LogP) is 3.83. The number of nitrogens with zero attached hydrogens (tertiary/aromatic N) is 3. The lowest BCUT2D eigenvalue weighted by Crippen LogP contribution is -2.70. The molecule has 1 saturated heterocycles. The fourth-order valence-electron chi connectivity index (χ4n) is 4.12. The van der Waals surface area contributed by atoms with Crippen LogP contribution in [0.1, 0.15) is 42.7 Å². The van der Waals surface area contributed by atoms with Crippen molar-refractivity contribution in [3.05, 3.63) is 83.2 Å². The van der Waals surface area contributed by atoms with E-state index in [2.05, 4.69) is 15.6 Å². The van der Waals surface area contributed by atoms with Crippen LogP contribution in [-0.4, -0.2) is 56.8 Å². The van der Waals surface area contributed by atoms with Gasteiger partial charge in [-0.2, -0.15) is 0 Å². The fraction of sp³-hybridized carbons (Fsp3) is 0.308. The molecule has 0 bridgehead atoms. The van der Waals surface area contributed by atoms with Crippen molar-refractivity contribution in [2.75, 3.05) is 6.54 Å². The second kappa shape index (κ2) is 11.2. The normalized spacial score (nSPS) is 19.8. The van der Waals surface area contributed by atoms with Crippen molar-refractivity contribution in [1.29, 1.82) is 0 Å². The summed E-state index contributed by atoms with van der Waals surface area (Å²) < 4.78 is 19.3. The van der Waals surface area contributed by atoms with E-state index in [9.17, 15) is 18.8 Å². The molecule has 1 aromatic heterocycles. The van der Waals surface area contributed by atoms with Gasteiger partial charge in [0.25, 0.3) is 0 Å². The van der Waals surface area contributed by atoms with E-state index in [-0.39, 0.29) is 30.6 Å². The maximum Gasteiger partial charge on any atom is 0.354 e. The first-order valence-corrected chi connectivity index (χ1v) is 11.9. The quantitative estimate of drug-likeness (QED) is 0.469. The number of carboxylic acid groups (broad SMARTS) is 1. The molecule has 2 atom stereocenters. The molecule has 1 aliphatic heterocycles. The second-order valence-corrected chi connectivity index (χ2v) is 8.81. The number of hydrogen-bond donors (Lipinski definition) is 3. The Labute approximate surface area is 213 Å². The highest BCUT2D eigenvalue weighted by Gasteiger charge is 2.38. The first-order valence-electron chi connectivity index (χ1n) is 11.9. The number of rotatable bonds is 9. The molecule has 0 radical (unpaired) electrons. The number of imide groups is 1. The van der Waals surface area contributed by atoms with Crippen LogP contribution >= 0.6 is 0 Å². The molecule has 2 heterocycles. The van der Waals surface area contributed by atoms with Crippen molar-refractivity contribution in [1.82, 2.24) is 25.4 Å². The summed E-state index contributed by atoms with van der Waals surface area (Å²) in [5.41, 5.74) is 1.49. The summed E-state index contributed by atoms with van der Waals surface area (Å²) >= 11 is 0. The molecule has 37 heavy (non-hydrogen) atoms. The van der Waals surface area contributed by atoms with Crippen LogP contribution in [0, 0.1) is 5.82 Å². The van der Waals surface area contributed by atoms with Gasteiger partial charge in [-0.3, -0.25) is 10.2 Å². The van der Waals surface area contributed by atoms with Crippen molar-refractivity contribution in [2.45, 2.75) is 45.6 Å². The van der Waals surface area contributed by atoms with E-state index < -0.39 is 24.3 Å². The van der Waals surface area contributed by atoms with Gasteiger partial charge in [-0.15, -0.1) is 0 Å². The minimum Gasteiger partial charge on any atom is -0.477 e. The molecule has 4 rings (SSSR count). The first kappa shape index (κ1) is 25.8. The van der Waals surface area contributed by atoms with Gasteiger partial charge in [0, 0.05) is 24.8 Å². The van der Waals surface area contributed by atoms with Gasteiger partial charge in [0.1, 0.15) is 17.3 Å². The standard InChI is InChI=1S/C26H28FN5O5/c1-3-12-31-25(35)30-24(32(26(31)36)15-17-4-6-18(27)7-5-17)29-19-8-9-22(16(2)13-19)37-20-10-11-28-21(14-20)23(33)34/h4-11,14,19,24,29H,3,12-13,15H2,1-2H3,(H,30,35)(H,33,34). The molecule has 194 valence electrons. The Morgan fingerprint density at radius 2 is 2.03 bits per heavy atom. The Hall–Kier alpha value is -4.25. The number of benzene rings is 1. The van der Waals surface area contributed by atoms with Crippen LogP contribution in [0.3, 0.4) is 0 Å². The highest BCUT2D eigenvalue weighted by Crippen LogP contribution is 2.24. The number of halogens is 1. The fourth-order valence-corrected chi connectivity index (χ4v) is 4.12. The number of pyridine rings is 1. The van der Waals surface area contributed by atoms with Crippen LogP contribution in [-0.2, 0) is 6.54 Å². The topological polar surface area (TPSA) is 124 Å². The van der Waals surface area contributed by atoms with Gasteiger partial charge in [0.2, 0.25) is 0 Å². The lowest BCUT2D eigenvalue weighted by molar-refractivity contribution is 0.0689. The number of allylic oxidation sites excluding steroid dienone is 1. The largest absolute Gasteiger partial charge is 0.477 e. The lowest BCUT2D eigenvalue weighted by atomic mass is 10.0. The van der Waals surface area contributed by atoms with Gasteiger partial charge in [0.05, 0.1) is 6.54 Å². The van der Waals surface area contributed by atoms with Gasteiger partial charge >= 0.3 is 18.0 Å². The second-order valence-electron chi connectivity index (χ2n) is 8.81. The highest BCUT2D eigenvalue weighted by molar-refractivity contribution is 5.96. The van der Waals surface area contributed by atoms with Crippen LogP contribution < -0.4 is 15.4 Å². The summed E-state index contributed by atoms with van der Waals surface area (Å²) in [5, 5.41) is 15.3. The number of aromatic nitrogens is 1. The summed E-state index contributed by atoms with van der Waals surface area (Å²) in [6, 6.07) is 7.64. The van der Waals surface area contributed by atoms with E-state index in [1.54, 1.807) is 24.3 Å². The van der Waals surface area contributed by atoms with Gasteiger partial charge in [-0.05, 0) is 55.2 Å². The zero-order valence-electron chi connectivity index (χ0n) is 20.5. The number of carboxylic acids is 1. The third-order valence-electron chi connectivity index (χ3n) is 5.98. The molecule has 1 aromatic carbocycles. The zero-order valence-corrected chi connectivity index (χ0v) is 20.5. The van der Waals surface area contributed by atoms with E-state index in [0.717, 1.165) is 16.0 Å². The molecule has 4 amide bonds. The molecule has 2 aliphatic rings. The molecule has 1 aliphatic carbocycles. The molecule has 0 saturated carbocycles. The third-order valence-corrected chi connectivity index (χ3v) is 5.98. The van der Waals surface area contributed by atoms with E-state index in [1.165, 1.54) is 29.3 Å².